The Morgan fingerprint density at radius 3 is 2.45 bits per heavy atom. The maximum absolute atomic E-state index is 13.0. The van der Waals surface area contributed by atoms with Crippen molar-refractivity contribution in [2.75, 3.05) is 25.0 Å². The second-order valence-electron chi connectivity index (χ2n) is 9.09. The van der Waals surface area contributed by atoms with E-state index >= 15 is 0 Å². The van der Waals surface area contributed by atoms with Crippen molar-refractivity contribution in [1.29, 1.82) is 0 Å². The lowest BCUT2D eigenvalue weighted by Crippen LogP contribution is -2.36. The number of carbonyl (C=O) groups excluding carboxylic acids is 2. The van der Waals surface area contributed by atoms with E-state index in [1.807, 2.05) is 62.9 Å². The SMILES string of the molecule is C[C@H](Nc1ncc(C(=O)N2CCCC2)c(CCNC(=O)C(C)(C)C)n1)c1ccccc1. The van der Waals surface area contributed by atoms with Crippen LogP contribution in [-0.4, -0.2) is 46.3 Å². The van der Waals surface area contributed by atoms with Crippen LogP contribution >= 0.6 is 0 Å². The normalized spacial score (nSPS) is 14.9. The molecule has 0 bridgehead atoms. The Bertz CT molecular complexity index is 902. The molecular weight excluding hydrogens is 390 g/mol. The molecule has 2 N–H and O–H groups in total. The molecule has 1 fully saturated rings. The maximum Gasteiger partial charge on any atom is 0.257 e. The van der Waals surface area contributed by atoms with Gasteiger partial charge in [-0.25, -0.2) is 9.97 Å². The summed E-state index contributed by atoms with van der Waals surface area (Å²) in [5, 5.41) is 6.27. The first kappa shape index (κ1) is 22.7. The monoisotopic (exact) mass is 423 g/mol. The molecule has 0 saturated carbocycles. The number of anilines is 1. The minimum atomic E-state index is -0.461. The number of nitrogens with zero attached hydrogens (tertiary/aromatic N) is 3. The summed E-state index contributed by atoms with van der Waals surface area (Å²) in [6.45, 7) is 9.63. The second-order valence-corrected chi connectivity index (χ2v) is 9.09. The lowest BCUT2D eigenvalue weighted by atomic mass is 9.95. The van der Waals surface area contributed by atoms with Crippen LogP contribution in [0.5, 0.6) is 0 Å². The summed E-state index contributed by atoms with van der Waals surface area (Å²) in [5.74, 6) is 0.425. The standard InChI is InChI=1S/C24H33N5O2/c1-17(18-10-6-5-7-11-18)27-23-26-16-19(21(30)29-14-8-9-15-29)20(28-23)12-13-25-22(31)24(2,3)4/h5-7,10-11,16-17H,8-9,12-15H2,1-4H3,(H,25,31)(H,26,27,28)/t17-/m0/s1. The van der Waals surface area contributed by atoms with Crippen LogP contribution in [0.4, 0.5) is 5.95 Å². The summed E-state index contributed by atoms with van der Waals surface area (Å²) >= 11 is 0. The van der Waals surface area contributed by atoms with Crippen molar-refractivity contribution < 1.29 is 9.59 Å². The van der Waals surface area contributed by atoms with Gasteiger partial charge in [0.2, 0.25) is 11.9 Å². The molecule has 1 aliphatic heterocycles. The summed E-state index contributed by atoms with van der Waals surface area (Å²) in [6.07, 6.45) is 4.14. The number of hydrogen-bond acceptors (Lipinski definition) is 5. The fourth-order valence-electron chi connectivity index (χ4n) is 3.52. The Balaban J connectivity index is 1.78. The topological polar surface area (TPSA) is 87.2 Å². The molecule has 166 valence electrons. The summed E-state index contributed by atoms with van der Waals surface area (Å²) < 4.78 is 0. The molecule has 1 saturated heterocycles. The van der Waals surface area contributed by atoms with Gasteiger partial charge in [-0.3, -0.25) is 9.59 Å². The lowest BCUT2D eigenvalue weighted by molar-refractivity contribution is -0.128. The molecule has 1 aromatic carbocycles. The average molecular weight is 424 g/mol. The molecular formula is C24H33N5O2. The van der Waals surface area contributed by atoms with E-state index in [1.54, 1.807) is 6.20 Å². The fourth-order valence-corrected chi connectivity index (χ4v) is 3.52. The number of benzene rings is 1. The van der Waals surface area contributed by atoms with E-state index < -0.39 is 5.41 Å². The third-order valence-corrected chi connectivity index (χ3v) is 5.47. The van der Waals surface area contributed by atoms with Crippen molar-refractivity contribution in [3.8, 4) is 0 Å². The molecule has 2 heterocycles. The Labute approximate surface area is 184 Å². The molecule has 7 heteroatoms. The highest BCUT2D eigenvalue weighted by molar-refractivity contribution is 5.95. The van der Waals surface area contributed by atoms with Gasteiger partial charge in [0.15, 0.2) is 0 Å². The van der Waals surface area contributed by atoms with Crippen molar-refractivity contribution in [3.05, 3.63) is 53.3 Å². The van der Waals surface area contributed by atoms with Gasteiger partial charge in [0.05, 0.1) is 17.3 Å². The van der Waals surface area contributed by atoms with Crippen LogP contribution in [-0.2, 0) is 11.2 Å². The Morgan fingerprint density at radius 1 is 1.13 bits per heavy atom. The number of hydrogen-bond donors (Lipinski definition) is 2. The highest BCUT2D eigenvalue weighted by atomic mass is 16.2. The number of likely N-dealkylation sites (tertiary alicyclic amines) is 1. The van der Waals surface area contributed by atoms with Crippen molar-refractivity contribution in [2.24, 2.45) is 5.41 Å². The van der Waals surface area contributed by atoms with Gasteiger partial charge in [0, 0.05) is 37.7 Å². The molecule has 31 heavy (non-hydrogen) atoms. The summed E-state index contributed by atoms with van der Waals surface area (Å²) in [4.78, 5) is 36.2. The van der Waals surface area contributed by atoms with Crippen LogP contribution in [0.25, 0.3) is 0 Å². The third-order valence-electron chi connectivity index (χ3n) is 5.47. The van der Waals surface area contributed by atoms with Crippen molar-refractivity contribution in [2.45, 2.75) is 53.0 Å². The van der Waals surface area contributed by atoms with Crippen molar-refractivity contribution in [1.82, 2.24) is 20.2 Å². The quantitative estimate of drug-likeness (QED) is 0.711. The van der Waals surface area contributed by atoms with E-state index in [1.165, 1.54) is 0 Å². The van der Waals surface area contributed by atoms with Crippen LogP contribution in [0.1, 0.15) is 68.2 Å². The molecule has 0 spiro atoms. The predicted octanol–water partition coefficient (Wildman–Crippen LogP) is 3.59. The Morgan fingerprint density at radius 2 is 1.81 bits per heavy atom. The van der Waals surface area contributed by atoms with Crippen LogP contribution < -0.4 is 10.6 Å². The van der Waals surface area contributed by atoms with Gasteiger partial charge in [0.25, 0.3) is 5.91 Å². The van der Waals surface area contributed by atoms with E-state index in [2.05, 4.69) is 20.6 Å². The number of carbonyl (C=O) groups is 2. The molecule has 7 nitrogen and oxygen atoms in total. The van der Waals surface area contributed by atoms with Crippen LogP contribution in [0, 0.1) is 5.41 Å². The Kier molecular flexibility index (Phi) is 7.25. The molecule has 0 radical (unpaired) electrons. The fraction of sp³-hybridized carbons (Fsp3) is 0.500. The van der Waals surface area contributed by atoms with Crippen molar-refractivity contribution >= 4 is 17.8 Å². The highest BCUT2D eigenvalue weighted by Gasteiger charge is 2.24. The summed E-state index contributed by atoms with van der Waals surface area (Å²) in [7, 11) is 0. The number of nitrogens with one attached hydrogen (secondary N) is 2. The first-order valence-electron chi connectivity index (χ1n) is 11.0. The first-order chi connectivity index (χ1) is 14.8. The van der Waals surface area contributed by atoms with E-state index in [0.717, 1.165) is 31.5 Å². The largest absolute Gasteiger partial charge is 0.355 e. The van der Waals surface area contributed by atoms with Gasteiger partial charge in [-0.15, -0.1) is 0 Å². The first-order valence-corrected chi connectivity index (χ1v) is 11.0. The van der Waals surface area contributed by atoms with E-state index in [4.69, 9.17) is 0 Å². The zero-order valence-electron chi connectivity index (χ0n) is 18.9. The molecule has 2 aromatic rings. The number of amides is 2. The zero-order chi connectivity index (χ0) is 22.4. The van der Waals surface area contributed by atoms with Gasteiger partial charge in [-0.2, -0.15) is 0 Å². The van der Waals surface area contributed by atoms with E-state index in [-0.39, 0.29) is 17.9 Å². The number of aromatic nitrogens is 2. The summed E-state index contributed by atoms with van der Waals surface area (Å²) in [6, 6.07) is 10.1. The predicted molar refractivity (Wildman–Crippen MR) is 122 cm³/mol. The van der Waals surface area contributed by atoms with E-state index in [0.29, 0.717) is 30.2 Å². The van der Waals surface area contributed by atoms with Gasteiger partial charge < -0.3 is 15.5 Å². The minimum absolute atomic E-state index is 0.0229. The van der Waals surface area contributed by atoms with Crippen LogP contribution in [0.2, 0.25) is 0 Å². The van der Waals surface area contributed by atoms with Gasteiger partial charge in [-0.05, 0) is 25.3 Å². The van der Waals surface area contributed by atoms with Gasteiger partial charge >= 0.3 is 0 Å². The lowest BCUT2D eigenvalue weighted by Gasteiger charge is -2.20. The molecule has 0 aliphatic carbocycles. The smallest absolute Gasteiger partial charge is 0.257 e. The minimum Gasteiger partial charge on any atom is -0.355 e. The molecule has 0 unspecified atom stereocenters. The second kappa shape index (κ2) is 9.90. The maximum atomic E-state index is 13.0. The third kappa shape index (κ3) is 6.03. The molecule has 1 aromatic heterocycles. The van der Waals surface area contributed by atoms with Crippen LogP contribution in [0.15, 0.2) is 36.5 Å². The van der Waals surface area contributed by atoms with E-state index in [9.17, 15) is 9.59 Å². The molecule has 1 aliphatic rings. The molecule has 1 atom stereocenters. The van der Waals surface area contributed by atoms with Gasteiger partial charge in [-0.1, -0.05) is 51.1 Å². The highest BCUT2D eigenvalue weighted by Crippen LogP contribution is 2.20. The van der Waals surface area contributed by atoms with Crippen molar-refractivity contribution in [3.63, 3.8) is 0 Å². The average Bonchev–Trinajstić information content (AvgIpc) is 3.28. The Hall–Kier alpha value is -2.96. The van der Waals surface area contributed by atoms with Crippen LogP contribution in [0.3, 0.4) is 0 Å². The van der Waals surface area contributed by atoms with Gasteiger partial charge in [0.1, 0.15) is 0 Å². The number of rotatable bonds is 7. The zero-order valence-corrected chi connectivity index (χ0v) is 18.9. The molecule has 3 rings (SSSR count). The summed E-state index contributed by atoms with van der Waals surface area (Å²) in [5.41, 5.74) is 1.84. The molecule has 2 amide bonds.